The van der Waals surface area contributed by atoms with Gasteiger partial charge in [0.1, 0.15) is 23.4 Å². The van der Waals surface area contributed by atoms with Gasteiger partial charge in [0.25, 0.3) is 0 Å². The zero-order valence-corrected chi connectivity index (χ0v) is 23.6. The highest BCUT2D eigenvalue weighted by molar-refractivity contribution is 9.10. The first kappa shape index (κ1) is 26.2. The van der Waals surface area contributed by atoms with E-state index in [4.69, 9.17) is 16.6 Å². The molecule has 2 aromatic heterocycles. The van der Waals surface area contributed by atoms with Gasteiger partial charge in [-0.2, -0.15) is 0 Å². The first-order valence-corrected chi connectivity index (χ1v) is 14.0. The lowest BCUT2D eigenvalue weighted by Crippen LogP contribution is -2.32. The SMILES string of the molecule is O=C(CCN1C(=S)N[C@H](c2ccccn2)[C@@H]1c1ccc(-c2ccc(F)cc2Br)o1)Nc1cccc2ccccc12. The van der Waals surface area contributed by atoms with Crippen molar-refractivity contribution in [3.63, 3.8) is 0 Å². The maximum atomic E-state index is 13.7. The Morgan fingerprint density at radius 3 is 2.70 bits per heavy atom. The zero-order valence-electron chi connectivity index (χ0n) is 21.2. The summed E-state index contributed by atoms with van der Waals surface area (Å²) < 4.78 is 20.6. The maximum absolute atomic E-state index is 13.7. The predicted octanol–water partition coefficient (Wildman–Crippen LogP) is 7.40. The molecule has 5 aromatic rings. The van der Waals surface area contributed by atoms with Gasteiger partial charge < -0.3 is 20.0 Å². The van der Waals surface area contributed by atoms with Crippen molar-refractivity contribution in [3.05, 3.63) is 119 Å². The van der Waals surface area contributed by atoms with E-state index >= 15 is 0 Å². The Hall–Kier alpha value is -4.08. The summed E-state index contributed by atoms with van der Waals surface area (Å²) in [6, 6.07) is 27.1. The Morgan fingerprint density at radius 1 is 1.05 bits per heavy atom. The number of anilines is 1. The lowest BCUT2D eigenvalue weighted by Gasteiger charge is -2.26. The van der Waals surface area contributed by atoms with Crippen LogP contribution < -0.4 is 10.6 Å². The van der Waals surface area contributed by atoms with Crippen molar-refractivity contribution < 1.29 is 13.6 Å². The van der Waals surface area contributed by atoms with Crippen molar-refractivity contribution in [1.29, 1.82) is 0 Å². The predicted molar refractivity (Wildman–Crippen MR) is 161 cm³/mol. The van der Waals surface area contributed by atoms with Gasteiger partial charge in [-0.3, -0.25) is 9.78 Å². The molecular formula is C31H24BrFN4O2S. The lowest BCUT2D eigenvalue weighted by molar-refractivity contribution is -0.116. The van der Waals surface area contributed by atoms with E-state index in [0.29, 0.717) is 27.7 Å². The summed E-state index contributed by atoms with van der Waals surface area (Å²) in [5.41, 5.74) is 2.31. The first-order valence-electron chi connectivity index (χ1n) is 12.8. The molecule has 9 heteroatoms. The van der Waals surface area contributed by atoms with E-state index in [9.17, 15) is 9.18 Å². The summed E-state index contributed by atoms with van der Waals surface area (Å²) in [6.07, 6.45) is 1.95. The van der Waals surface area contributed by atoms with Gasteiger partial charge in [0, 0.05) is 40.3 Å². The van der Waals surface area contributed by atoms with Crippen molar-refractivity contribution in [2.45, 2.75) is 18.5 Å². The molecule has 1 aliphatic rings. The molecule has 200 valence electrons. The standard InChI is InChI=1S/C31H24BrFN4O2S/c32-23-18-20(33)11-12-22(23)26-13-14-27(39-26)30-29(25-9-3-4-16-34-25)36-31(40)37(30)17-15-28(38)35-24-10-5-7-19-6-1-2-8-21(19)24/h1-14,16,18,29-30H,15,17H2,(H,35,38)(H,36,40)/t29-,30+/m1/s1. The number of thiocarbonyl (C=S) groups is 1. The third-order valence-corrected chi connectivity index (χ3v) is 7.96. The van der Waals surface area contributed by atoms with Crippen molar-refractivity contribution in [3.8, 4) is 11.3 Å². The number of amides is 1. The van der Waals surface area contributed by atoms with Crippen LogP contribution in [0.3, 0.4) is 0 Å². The second-order valence-corrected chi connectivity index (χ2v) is 10.7. The number of carbonyl (C=O) groups is 1. The minimum absolute atomic E-state index is 0.116. The smallest absolute Gasteiger partial charge is 0.226 e. The highest BCUT2D eigenvalue weighted by Crippen LogP contribution is 2.41. The lowest BCUT2D eigenvalue weighted by atomic mass is 10.0. The number of aromatic nitrogens is 1. The molecule has 1 amide bonds. The Balaban J connectivity index is 1.26. The monoisotopic (exact) mass is 614 g/mol. The average Bonchev–Trinajstić information content (AvgIpc) is 3.57. The van der Waals surface area contributed by atoms with E-state index in [1.165, 1.54) is 12.1 Å². The topological polar surface area (TPSA) is 70.4 Å². The van der Waals surface area contributed by atoms with Crippen LogP contribution in [0, 0.1) is 5.82 Å². The molecular weight excluding hydrogens is 591 g/mol. The maximum Gasteiger partial charge on any atom is 0.226 e. The second-order valence-electron chi connectivity index (χ2n) is 9.47. The number of nitrogens with one attached hydrogen (secondary N) is 2. The van der Waals surface area contributed by atoms with Gasteiger partial charge in [-0.25, -0.2) is 4.39 Å². The van der Waals surface area contributed by atoms with Crippen LogP contribution >= 0.6 is 28.1 Å². The number of pyridine rings is 1. The van der Waals surface area contributed by atoms with Crippen LogP contribution in [0.2, 0.25) is 0 Å². The molecule has 1 saturated heterocycles. The van der Waals surface area contributed by atoms with Gasteiger partial charge >= 0.3 is 0 Å². The zero-order chi connectivity index (χ0) is 27.6. The Morgan fingerprint density at radius 2 is 1.88 bits per heavy atom. The number of benzene rings is 3. The molecule has 0 bridgehead atoms. The van der Waals surface area contributed by atoms with Crippen LogP contribution in [0.5, 0.6) is 0 Å². The molecule has 3 heterocycles. The summed E-state index contributed by atoms with van der Waals surface area (Å²) in [5, 5.41) is 8.99. The molecule has 1 fully saturated rings. The van der Waals surface area contributed by atoms with Crippen molar-refractivity contribution in [2.75, 3.05) is 11.9 Å². The average molecular weight is 616 g/mol. The van der Waals surface area contributed by atoms with Gasteiger partial charge in [0.2, 0.25) is 5.91 Å². The van der Waals surface area contributed by atoms with Crippen LogP contribution in [0.4, 0.5) is 10.1 Å². The third-order valence-electron chi connectivity index (χ3n) is 6.96. The Labute approximate surface area is 244 Å². The van der Waals surface area contributed by atoms with Crippen molar-refractivity contribution >= 4 is 55.6 Å². The highest BCUT2D eigenvalue weighted by Gasteiger charge is 2.41. The van der Waals surface area contributed by atoms with Crippen molar-refractivity contribution in [1.82, 2.24) is 15.2 Å². The number of hydrogen-bond donors (Lipinski definition) is 2. The Bertz CT molecular complexity index is 1710. The highest BCUT2D eigenvalue weighted by atomic mass is 79.9. The molecule has 1 aliphatic heterocycles. The normalized spacial score (nSPS) is 16.8. The van der Waals surface area contributed by atoms with Gasteiger partial charge in [-0.05, 0) is 82.1 Å². The molecule has 0 aliphatic carbocycles. The minimum atomic E-state index is -0.347. The van der Waals surface area contributed by atoms with Crippen LogP contribution in [0.15, 0.2) is 106 Å². The van der Waals surface area contributed by atoms with Gasteiger partial charge in [-0.1, -0.05) is 42.5 Å². The number of hydrogen-bond acceptors (Lipinski definition) is 4. The van der Waals surface area contributed by atoms with Crippen molar-refractivity contribution in [2.24, 2.45) is 0 Å². The van der Waals surface area contributed by atoms with Gasteiger partial charge in [0.05, 0.1) is 11.7 Å². The van der Waals surface area contributed by atoms with Gasteiger partial charge in [0.15, 0.2) is 5.11 Å². The molecule has 0 spiro atoms. The molecule has 40 heavy (non-hydrogen) atoms. The quantitative estimate of drug-likeness (QED) is 0.186. The summed E-state index contributed by atoms with van der Waals surface area (Å²) in [5.74, 6) is 0.794. The fourth-order valence-corrected chi connectivity index (χ4v) is 5.95. The molecule has 0 unspecified atom stereocenters. The van der Waals surface area contributed by atoms with E-state index in [0.717, 1.165) is 27.7 Å². The summed E-state index contributed by atoms with van der Waals surface area (Å²) >= 11 is 9.17. The fraction of sp³-hybridized carbons (Fsp3) is 0.129. The third kappa shape index (κ3) is 5.22. The number of fused-ring (bicyclic) bond motifs is 1. The van der Waals surface area contributed by atoms with Gasteiger partial charge in [-0.15, -0.1) is 0 Å². The van der Waals surface area contributed by atoms with E-state index in [-0.39, 0.29) is 30.2 Å². The molecule has 0 radical (unpaired) electrons. The summed E-state index contributed by atoms with van der Waals surface area (Å²) in [7, 11) is 0. The number of carbonyl (C=O) groups excluding carboxylic acids is 1. The number of halogens is 2. The molecule has 0 saturated carbocycles. The number of rotatable bonds is 7. The fourth-order valence-electron chi connectivity index (χ4n) is 5.07. The molecule has 3 aromatic carbocycles. The Kier molecular flexibility index (Phi) is 7.32. The molecule has 6 nitrogen and oxygen atoms in total. The molecule has 6 rings (SSSR count). The number of furan rings is 1. The van der Waals surface area contributed by atoms with Crippen LogP contribution in [-0.2, 0) is 4.79 Å². The summed E-state index contributed by atoms with van der Waals surface area (Å²) in [4.78, 5) is 19.6. The molecule has 2 N–H and O–H groups in total. The minimum Gasteiger partial charge on any atom is -0.459 e. The summed E-state index contributed by atoms with van der Waals surface area (Å²) in [6.45, 7) is 0.368. The second kappa shape index (κ2) is 11.2. The van der Waals surface area contributed by atoms with E-state index < -0.39 is 0 Å². The van der Waals surface area contributed by atoms with E-state index in [1.54, 1.807) is 12.3 Å². The first-order chi connectivity index (χ1) is 19.5. The largest absolute Gasteiger partial charge is 0.459 e. The number of nitrogens with zero attached hydrogens (tertiary/aromatic N) is 2. The van der Waals surface area contributed by atoms with E-state index in [1.807, 2.05) is 77.7 Å². The van der Waals surface area contributed by atoms with E-state index in [2.05, 4.69) is 31.5 Å². The van der Waals surface area contributed by atoms with Crippen LogP contribution in [-0.4, -0.2) is 27.4 Å². The van der Waals surface area contributed by atoms with Crippen LogP contribution in [0.1, 0.15) is 30.0 Å². The van der Waals surface area contributed by atoms with Crippen LogP contribution in [0.25, 0.3) is 22.1 Å². The molecule has 2 atom stereocenters.